The van der Waals surface area contributed by atoms with Crippen LogP contribution in [0.3, 0.4) is 0 Å². The largest absolute Gasteiger partial charge is 0.481 e. The third kappa shape index (κ3) is 4.11. The number of carbonyl (C=O) groups excluding carboxylic acids is 1. The van der Waals surface area contributed by atoms with Crippen LogP contribution in [0.1, 0.15) is 26.7 Å². The van der Waals surface area contributed by atoms with Gasteiger partial charge in [0.25, 0.3) is 0 Å². The monoisotopic (exact) mass is 281 g/mol. The molecule has 2 atom stereocenters. The molecule has 0 saturated carbocycles. The van der Waals surface area contributed by atoms with Gasteiger partial charge in [-0.2, -0.15) is 13.2 Å². The van der Waals surface area contributed by atoms with Gasteiger partial charge >= 0.3 is 12.1 Å². The van der Waals surface area contributed by atoms with Crippen LogP contribution in [0.4, 0.5) is 13.2 Å². The molecule has 0 radical (unpaired) electrons. The number of hydrogen-bond donors (Lipinski definition) is 1. The van der Waals surface area contributed by atoms with Crippen LogP contribution < -0.4 is 0 Å². The fraction of sp³-hybridized carbons (Fsp3) is 0.833. The molecule has 0 aromatic heterocycles. The summed E-state index contributed by atoms with van der Waals surface area (Å²) in [5.41, 5.74) is 0. The second-order valence-corrected chi connectivity index (χ2v) is 5.32. The normalized spacial score (nSPS) is 24.0. The maximum atomic E-state index is 12.7. The smallest absolute Gasteiger partial charge is 0.394 e. The molecule has 1 heterocycles. The summed E-state index contributed by atoms with van der Waals surface area (Å²) in [6.07, 6.45) is -3.84. The molecule has 7 heteroatoms. The first kappa shape index (κ1) is 15.8. The van der Waals surface area contributed by atoms with E-state index in [1.807, 2.05) is 13.8 Å². The Hall–Kier alpha value is -1.27. The van der Waals surface area contributed by atoms with Crippen molar-refractivity contribution in [2.75, 3.05) is 13.1 Å². The number of carboxylic acid groups (broad SMARTS) is 1. The Bertz CT molecular complexity index is 355. The first-order chi connectivity index (χ1) is 8.62. The van der Waals surface area contributed by atoms with Gasteiger partial charge in [-0.3, -0.25) is 9.59 Å². The van der Waals surface area contributed by atoms with Gasteiger partial charge in [-0.15, -0.1) is 0 Å². The van der Waals surface area contributed by atoms with Gasteiger partial charge in [-0.1, -0.05) is 13.8 Å². The van der Waals surface area contributed by atoms with Gasteiger partial charge in [0.15, 0.2) is 0 Å². The molecule has 1 amide bonds. The molecule has 19 heavy (non-hydrogen) atoms. The highest BCUT2D eigenvalue weighted by molar-refractivity contribution is 5.79. The molecule has 1 aliphatic heterocycles. The van der Waals surface area contributed by atoms with Gasteiger partial charge in [-0.25, -0.2) is 0 Å². The van der Waals surface area contributed by atoms with E-state index >= 15 is 0 Å². The topological polar surface area (TPSA) is 57.6 Å². The first-order valence-corrected chi connectivity index (χ1v) is 6.20. The lowest BCUT2D eigenvalue weighted by atomic mass is 9.96. The Morgan fingerprint density at radius 2 is 1.89 bits per heavy atom. The molecule has 1 fully saturated rings. The summed E-state index contributed by atoms with van der Waals surface area (Å²) < 4.78 is 38.2. The van der Waals surface area contributed by atoms with E-state index in [9.17, 15) is 22.8 Å². The average Bonchev–Trinajstić information content (AvgIpc) is 2.70. The predicted octanol–water partition coefficient (Wildman–Crippen LogP) is 2.14. The Balaban J connectivity index is 2.70. The lowest BCUT2D eigenvalue weighted by Crippen LogP contribution is -2.34. The number of likely N-dealkylation sites (tertiary alicyclic amines) is 1. The number of amides is 1. The Kier molecular flexibility index (Phi) is 4.81. The Labute approximate surface area is 109 Å². The number of rotatable bonds is 4. The zero-order valence-corrected chi connectivity index (χ0v) is 10.9. The van der Waals surface area contributed by atoms with Crippen LogP contribution in [-0.2, 0) is 9.59 Å². The summed E-state index contributed by atoms with van der Waals surface area (Å²) in [7, 11) is 0. The zero-order chi connectivity index (χ0) is 14.8. The van der Waals surface area contributed by atoms with Gasteiger partial charge in [0.05, 0.1) is 11.8 Å². The van der Waals surface area contributed by atoms with E-state index in [0.717, 1.165) is 4.90 Å². The van der Waals surface area contributed by atoms with Crippen LogP contribution >= 0.6 is 0 Å². The van der Waals surface area contributed by atoms with Crippen molar-refractivity contribution in [3.05, 3.63) is 0 Å². The van der Waals surface area contributed by atoms with E-state index < -0.39 is 36.4 Å². The van der Waals surface area contributed by atoms with E-state index in [-0.39, 0.29) is 18.9 Å². The lowest BCUT2D eigenvalue weighted by Gasteiger charge is -2.18. The van der Waals surface area contributed by atoms with Gasteiger partial charge in [0, 0.05) is 19.5 Å². The quantitative estimate of drug-likeness (QED) is 0.859. The van der Waals surface area contributed by atoms with Gasteiger partial charge in [-0.05, 0) is 12.3 Å². The summed E-state index contributed by atoms with van der Waals surface area (Å²) >= 11 is 0. The van der Waals surface area contributed by atoms with E-state index in [0.29, 0.717) is 6.42 Å². The Morgan fingerprint density at radius 1 is 1.32 bits per heavy atom. The number of aliphatic carboxylic acids is 1. The number of halogens is 3. The van der Waals surface area contributed by atoms with Crippen molar-refractivity contribution < 1.29 is 27.9 Å². The highest BCUT2D eigenvalue weighted by atomic mass is 19.4. The minimum atomic E-state index is -4.59. The van der Waals surface area contributed by atoms with Crippen LogP contribution in [0.5, 0.6) is 0 Å². The predicted molar refractivity (Wildman–Crippen MR) is 61.3 cm³/mol. The van der Waals surface area contributed by atoms with E-state index in [1.165, 1.54) is 0 Å². The second-order valence-electron chi connectivity index (χ2n) is 5.32. The minimum Gasteiger partial charge on any atom is -0.481 e. The van der Waals surface area contributed by atoms with Crippen LogP contribution in [0.2, 0.25) is 0 Å². The van der Waals surface area contributed by atoms with E-state index in [4.69, 9.17) is 5.11 Å². The molecule has 4 nitrogen and oxygen atoms in total. The van der Waals surface area contributed by atoms with Crippen LogP contribution in [0.25, 0.3) is 0 Å². The number of hydrogen-bond acceptors (Lipinski definition) is 2. The van der Waals surface area contributed by atoms with Gasteiger partial charge in [0.2, 0.25) is 5.91 Å². The van der Waals surface area contributed by atoms with E-state index in [2.05, 4.69) is 0 Å². The maximum Gasteiger partial charge on any atom is 0.394 e. The van der Waals surface area contributed by atoms with Crippen molar-refractivity contribution >= 4 is 11.9 Å². The fourth-order valence-corrected chi connectivity index (χ4v) is 2.16. The van der Waals surface area contributed by atoms with Crippen LogP contribution in [0.15, 0.2) is 0 Å². The summed E-state index contributed by atoms with van der Waals surface area (Å²) in [5.74, 6) is -5.13. The Morgan fingerprint density at radius 3 is 2.26 bits per heavy atom. The average molecular weight is 281 g/mol. The highest BCUT2D eigenvalue weighted by Gasteiger charge is 2.53. The van der Waals surface area contributed by atoms with Crippen molar-refractivity contribution in [2.24, 2.45) is 17.8 Å². The molecule has 1 N–H and O–H groups in total. The minimum absolute atomic E-state index is 0.161. The van der Waals surface area contributed by atoms with Gasteiger partial charge < -0.3 is 10.0 Å². The van der Waals surface area contributed by atoms with Crippen molar-refractivity contribution in [3.63, 3.8) is 0 Å². The summed E-state index contributed by atoms with van der Waals surface area (Å²) in [4.78, 5) is 23.6. The molecule has 110 valence electrons. The fourth-order valence-electron chi connectivity index (χ4n) is 2.16. The molecule has 1 rings (SSSR count). The number of alkyl halides is 3. The number of carboxylic acids is 1. The SMILES string of the molecule is CC(C)CCC(=O)N1C[C@@H](C(F)(F)F)[C@H](C(=O)O)C1. The molecular weight excluding hydrogens is 263 g/mol. The van der Waals surface area contributed by atoms with E-state index in [1.54, 1.807) is 0 Å². The van der Waals surface area contributed by atoms with Gasteiger partial charge in [0.1, 0.15) is 0 Å². The van der Waals surface area contributed by atoms with Crippen LogP contribution in [0, 0.1) is 17.8 Å². The molecule has 0 spiro atoms. The molecule has 0 aromatic rings. The molecule has 1 aliphatic rings. The number of nitrogens with zero attached hydrogens (tertiary/aromatic N) is 1. The zero-order valence-electron chi connectivity index (χ0n) is 10.9. The standard InChI is InChI=1S/C12H18F3NO3/c1-7(2)3-4-10(17)16-5-8(11(18)19)9(6-16)12(13,14)15/h7-9H,3-6H2,1-2H3,(H,18,19)/t8-,9-/m1/s1. The summed E-state index contributed by atoms with van der Waals surface area (Å²) in [6.45, 7) is 2.93. The number of carbonyl (C=O) groups is 2. The lowest BCUT2D eigenvalue weighted by molar-refractivity contribution is -0.188. The maximum absolute atomic E-state index is 12.7. The molecule has 0 bridgehead atoms. The van der Waals surface area contributed by atoms with Crippen molar-refractivity contribution in [1.82, 2.24) is 4.90 Å². The molecule has 1 saturated heterocycles. The molecule has 0 aliphatic carbocycles. The second kappa shape index (κ2) is 5.79. The summed E-state index contributed by atoms with van der Waals surface area (Å²) in [6, 6.07) is 0. The third-order valence-corrected chi connectivity index (χ3v) is 3.35. The molecule has 0 aromatic carbocycles. The van der Waals surface area contributed by atoms with Crippen LogP contribution in [-0.4, -0.2) is 41.1 Å². The van der Waals surface area contributed by atoms with Crippen molar-refractivity contribution in [2.45, 2.75) is 32.9 Å². The summed E-state index contributed by atoms with van der Waals surface area (Å²) in [5, 5.41) is 8.83. The molecular formula is C12H18F3NO3. The van der Waals surface area contributed by atoms with Crippen molar-refractivity contribution in [3.8, 4) is 0 Å². The first-order valence-electron chi connectivity index (χ1n) is 6.20. The third-order valence-electron chi connectivity index (χ3n) is 3.35. The van der Waals surface area contributed by atoms with Crippen molar-refractivity contribution in [1.29, 1.82) is 0 Å². The highest BCUT2D eigenvalue weighted by Crippen LogP contribution is 2.37. The molecule has 0 unspecified atom stereocenters.